The van der Waals surface area contributed by atoms with E-state index in [0.29, 0.717) is 5.41 Å². The average molecular weight is 308 g/mol. The number of hydrogen-bond donors (Lipinski definition) is 0. The van der Waals surface area contributed by atoms with Gasteiger partial charge in [-0.25, -0.2) is 0 Å². The van der Waals surface area contributed by atoms with Crippen LogP contribution < -0.4 is 0 Å². The highest BCUT2D eigenvalue weighted by Crippen LogP contribution is 2.46. The highest BCUT2D eigenvalue weighted by molar-refractivity contribution is 5.85. The maximum absolute atomic E-state index is 2.71. The molecule has 1 spiro atoms. The number of likely N-dealkylation sites (tertiary alicyclic amines) is 1. The van der Waals surface area contributed by atoms with Crippen LogP contribution in [0.25, 0.3) is 0 Å². The van der Waals surface area contributed by atoms with Crippen LogP contribution in [0.3, 0.4) is 0 Å². The van der Waals surface area contributed by atoms with Gasteiger partial charge in [-0.05, 0) is 68.3 Å². The van der Waals surface area contributed by atoms with Gasteiger partial charge in [0.1, 0.15) is 0 Å². The highest BCUT2D eigenvalue weighted by Gasteiger charge is 2.40. The molecular formula is C19H30ClN. The number of fused-ring (bicyclic) bond motifs is 2. The number of halogens is 1. The van der Waals surface area contributed by atoms with Crippen LogP contribution in [0.15, 0.2) is 24.3 Å². The lowest BCUT2D eigenvalue weighted by molar-refractivity contribution is 0.156. The maximum Gasteiger partial charge on any atom is -0.00102 e. The lowest BCUT2D eigenvalue weighted by atomic mass is 9.74. The van der Waals surface area contributed by atoms with Gasteiger partial charge in [0, 0.05) is 0 Å². The number of rotatable bonds is 5. The molecule has 1 heterocycles. The van der Waals surface area contributed by atoms with E-state index < -0.39 is 0 Å². The van der Waals surface area contributed by atoms with Crippen LogP contribution in [0, 0.1) is 0 Å². The maximum atomic E-state index is 2.71. The smallest absolute Gasteiger partial charge is 0.00102 e. The standard InChI is InChI=1S/C19H29N.ClH/c1-2-3-4-7-14-20-15-12-19(13-16-20)11-10-17-8-5-6-9-18(17)19;/h5-6,8-9H,2-4,7,10-16H2,1H3;1H. The van der Waals surface area contributed by atoms with E-state index in [2.05, 4.69) is 36.1 Å². The van der Waals surface area contributed by atoms with Crippen molar-refractivity contribution >= 4 is 12.4 Å². The van der Waals surface area contributed by atoms with Crippen molar-refractivity contribution in [3.63, 3.8) is 0 Å². The number of unbranched alkanes of at least 4 members (excludes halogenated alkanes) is 3. The summed E-state index contributed by atoms with van der Waals surface area (Å²) < 4.78 is 0. The van der Waals surface area contributed by atoms with Gasteiger partial charge in [0.15, 0.2) is 0 Å². The molecule has 2 aliphatic rings. The topological polar surface area (TPSA) is 3.24 Å². The Morgan fingerprint density at radius 2 is 1.76 bits per heavy atom. The minimum Gasteiger partial charge on any atom is -0.303 e. The van der Waals surface area contributed by atoms with Crippen molar-refractivity contribution in [2.45, 2.75) is 63.7 Å². The molecule has 3 rings (SSSR count). The molecule has 1 aliphatic heterocycles. The second-order valence-electron chi connectivity index (χ2n) is 6.84. The van der Waals surface area contributed by atoms with Crippen LogP contribution in [0.4, 0.5) is 0 Å². The Morgan fingerprint density at radius 3 is 2.52 bits per heavy atom. The van der Waals surface area contributed by atoms with Gasteiger partial charge in [-0.15, -0.1) is 12.4 Å². The zero-order chi connectivity index (χ0) is 13.8. The zero-order valence-corrected chi connectivity index (χ0v) is 14.3. The molecule has 0 atom stereocenters. The number of nitrogens with zero attached hydrogens (tertiary/aromatic N) is 1. The van der Waals surface area contributed by atoms with E-state index in [1.807, 2.05) is 0 Å². The Labute approximate surface area is 136 Å². The van der Waals surface area contributed by atoms with Crippen molar-refractivity contribution in [1.29, 1.82) is 0 Å². The molecule has 118 valence electrons. The molecule has 2 heteroatoms. The van der Waals surface area contributed by atoms with E-state index in [1.165, 1.54) is 71.0 Å². The van der Waals surface area contributed by atoms with Gasteiger partial charge < -0.3 is 4.90 Å². The van der Waals surface area contributed by atoms with Crippen LogP contribution in [-0.2, 0) is 11.8 Å². The highest BCUT2D eigenvalue weighted by atomic mass is 35.5. The van der Waals surface area contributed by atoms with E-state index in [4.69, 9.17) is 0 Å². The normalized spacial score (nSPS) is 20.2. The molecule has 21 heavy (non-hydrogen) atoms. The summed E-state index contributed by atoms with van der Waals surface area (Å²) in [4.78, 5) is 2.71. The third kappa shape index (κ3) is 3.63. The van der Waals surface area contributed by atoms with Gasteiger partial charge in [-0.2, -0.15) is 0 Å². The first-order chi connectivity index (χ1) is 9.84. The van der Waals surface area contributed by atoms with Crippen molar-refractivity contribution in [3.8, 4) is 0 Å². The second kappa shape index (κ2) is 7.65. The number of aryl methyl sites for hydroxylation is 1. The lowest BCUT2D eigenvalue weighted by Gasteiger charge is -2.40. The second-order valence-corrected chi connectivity index (χ2v) is 6.84. The Kier molecular flexibility index (Phi) is 6.13. The molecule has 1 nitrogen and oxygen atoms in total. The lowest BCUT2D eigenvalue weighted by Crippen LogP contribution is -2.41. The molecule has 1 aromatic rings. The van der Waals surface area contributed by atoms with E-state index in [1.54, 1.807) is 11.1 Å². The fourth-order valence-corrected chi connectivity index (χ4v) is 4.25. The van der Waals surface area contributed by atoms with Crippen molar-refractivity contribution < 1.29 is 0 Å². The molecule has 1 saturated heterocycles. The summed E-state index contributed by atoms with van der Waals surface area (Å²) in [7, 11) is 0. The van der Waals surface area contributed by atoms with Crippen molar-refractivity contribution in [1.82, 2.24) is 4.90 Å². The molecule has 0 saturated carbocycles. The van der Waals surface area contributed by atoms with E-state index >= 15 is 0 Å². The Hall–Kier alpha value is -0.530. The minimum absolute atomic E-state index is 0. The third-order valence-corrected chi connectivity index (χ3v) is 5.60. The first-order valence-electron chi connectivity index (χ1n) is 8.65. The summed E-state index contributed by atoms with van der Waals surface area (Å²) in [5.74, 6) is 0. The molecular weight excluding hydrogens is 278 g/mol. The monoisotopic (exact) mass is 307 g/mol. The molecule has 1 fully saturated rings. The summed E-state index contributed by atoms with van der Waals surface area (Å²) in [6.45, 7) is 6.26. The Morgan fingerprint density at radius 1 is 1.00 bits per heavy atom. The third-order valence-electron chi connectivity index (χ3n) is 5.60. The van der Waals surface area contributed by atoms with E-state index in [-0.39, 0.29) is 12.4 Å². The van der Waals surface area contributed by atoms with Gasteiger partial charge in [0.2, 0.25) is 0 Å². The Balaban J connectivity index is 0.00000161. The van der Waals surface area contributed by atoms with Gasteiger partial charge in [0.25, 0.3) is 0 Å². The fourth-order valence-electron chi connectivity index (χ4n) is 4.25. The number of piperidine rings is 1. The summed E-state index contributed by atoms with van der Waals surface area (Å²) in [6.07, 6.45) is 11.1. The van der Waals surface area contributed by atoms with E-state index in [9.17, 15) is 0 Å². The Bertz CT molecular complexity index is 435. The molecule has 0 bridgehead atoms. The predicted octanol–water partition coefficient (Wildman–Crippen LogP) is 4.97. The van der Waals surface area contributed by atoms with Crippen LogP contribution >= 0.6 is 12.4 Å². The summed E-state index contributed by atoms with van der Waals surface area (Å²) in [5.41, 5.74) is 3.85. The summed E-state index contributed by atoms with van der Waals surface area (Å²) in [5, 5.41) is 0. The molecule has 0 radical (unpaired) electrons. The number of benzene rings is 1. The molecule has 1 aliphatic carbocycles. The summed E-state index contributed by atoms with van der Waals surface area (Å²) in [6, 6.07) is 9.20. The first-order valence-corrected chi connectivity index (χ1v) is 8.65. The molecule has 0 unspecified atom stereocenters. The average Bonchev–Trinajstić information content (AvgIpc) is 2.85. The molecule has 1 aromatic carbocycles. The van der Waals surface area contributed by atoms with Crippen molar-refractivity contribution in [2.24, 2.45) is 0 Å². The van der Waals surface area contributed by atoms with Gasteiger partial charge in [-0.3, -0.25) is 0 Å². The number of hydrogen-bond acceptors (Lipinski definition) is 1. The zero-order valence-electron chi connectivity index (χ0n) is 13.4. The predicted molar refractivity (Wildman–Crippen MR) is 93.5 cm³/mol. The SMILES string of the molecule is CCCCCCN1CCC2(CCc3ccccc32)CC1.Cl. The first kappa shape index (κ1) is 16.8. The van der Waals surface area contributed by atoms with Crippen LogP contribution in [0.1, 0.15) is 63.0 Å². The van der Waals surface area contributed by atoms with Gasteiger partial charge in [0.05, 0.1) is 0 Å². The molecule has 0 amide bonds. The largest absolute Gasteiger partial charge is 0.303 e. The van der Waals surface area contributed by atoms with E-state index in [0.717, 1.165) is 0 Å². The fraction of sp³-hybridized carbons (Fsp3) is 0.684. The quantitative estimate of drug-likeness (QED) is 0.694. The van der Waals surface area contributed by atoms with Crippen LogP contribution in [0.5, 0.6) is 0 Å². The van der Waals surface area contributed by atoms with Crippen LogP contribution in [0.2, 0.25) is 0 Å². The van der Waals surface area contributed by atoms with Crippen molar-refractivity contribution in [2.75, 3.05) is 19.6 Å². The van der Waals surface area contributed by atoms with Gasteiger partial charge in [-0.1, -0.05) is 50.5 Å². The van der Waals surface area contributed by atoms with Gasteiger partial charge >= 0.3 is 0 Å². The summed E-state index contributed by atoms with van der Waals surface area (Å²) >= 11 is 0. The molecule has 0 aromatic heterocycles. The van der Waals surface area contributed by atoms with Crippen molar-refractivity contribution in [3.05, 3.63) is 35.4 Å². The molecule has 0 N–H and O–H groups in total. The van der Waals surface area contributed by atoms with Crippen LogP contribution in [-0.4, -0.2) is 24.5 Å². The minimum atomic E-state index is 0.